The van der Waals surface area contributed by atoms with Gasteiger partial charge in [0.1, 0.15) is 6.61 Å². The van der Waals surface area contributed by atoms with Gasteiger partial charge in [0.25, 0.3) is 0 Å². The number of hydrogen-bond donors (Lipinski definition) is 1. The highest BCUT2D eigenvalue weighted by molar-refractivity contribution is 5.85. The summed E-state index contributed by atoms with van der Waals surface area (Å²) in [7, 11) is 1.54. The first-order valence-corrected chi connectivity index (χ1v) is 4.71. The van der Waals surface area contributed by atoms with Crippen molar-refractivity contribution >= 4 is 11.8 Å². The number of likely N-dealkylation sites (N-methyl/N-ethyl adjacent to an activating group) is 2. The Bertz CT molecular complexity index is 194. The lowest BCUT2D eigenvalue weighted by molar-refractivity contribution is -0.139. The van der Waals surface area contributed by atoms with Crippen molar-refractivity contribution in [2.24, 2.45) is 0 Å². The summed E-state index contributed by atoms with van der Waals surface area (Å²) in [6.45, 7) is 4.80. The van der Waals surface area contributed by atoms with Crippen LogP contribution in [0.1, 0.15) is 13.8 Å². The zero-order valence-electron chi connectivity index (χ0n) is 9.00. The molecule has 2 amide bonds. The number of hydrogen-bond acceptors (Lipinski definition) is 3. The summed E-state index contributed by atoms with van der Waals surface area (Å²) in [5.41, 5.74) is 0. The molecule has 0 rings (SSSR count). The minimum atomic E-state index is -0.170. The molecule has 82 valence electrons. The van der Waals surface area contributed by atoms with E-state index in [1.165, 1.54) is 4.90 Å². The van der Waals surface area contributed by atoms with Crippen LogP contribution >= 0.6 is 0 Å². The van der Waals surface area contributed by atoms with E-state index in [4.69, 9.17) is 4.74 Å². The smallest absolute Gasteiger partial charge is 0.249 e. The Labute approximate surface area is 84.4 Å². The van der Waals surface area contributed by atoms with Gasteiger partial charge in [-0.15, -0.1) is 0 Å². The van der Waals surface area contributed by atoms with Crippen LogP contribution in [0.2, 0.25) is 0 Å². The molecule has 0 fully saturated rings. The predicted octanol–water partition coefficient (Wildman–Crippen LogP) is -0.383. The minimum Gasteiger partial charge on any atom is -0.372 e. The minimum absolute atomic E-state index is 0.0430. The van der Waals surface area contributed by atoms with Crippen LogP contribution in [0.15, 0.2) is 0 Å². The summed E-state index contributed by atoms with van der Waals surface area (Å²) in [4.78, 5) is 23.9. The second kappa shape index (κ2) is 7.32. The van der Waals surface area contributed by atoms with Crippen molar-refractivity contribution in [2.45, 2.75) is 13.8 Å². The van der Waals surface area contributed by atoms with E-state index in [1.54, 1.807) is 7.05 Å². The lowest BCUT2D eigenvalue weighted by atomic mass is 10.4. The number of carbonyl (C=O) groups excluding carboxylic acids is 2. The molecule has 1 N–H and O–H groups in total. The fourth-order valence-corrected chi connectivity index (χ4v) is 0.909. The molecular weight excluding hydrogens is 184 g/mol. The van der Waals surface area contributed by atoms with Crippen molar-refractivity contribution in [2.75, 3.05) is 33.4 Å². The second-order valence-corrected chi connectivity index (χ2v) is 2.72. The fourth-order valence-electron chi connectivity index (χ4n) is 0.909. The average molecular weight is 202 g/mol. The first-order valence-electron chi connectivity index (χ1n) is 4.71. The van der Waals surface area contributed by atoms with E-state index in [0.717, 1.165) is 0 Å². The van der Waals surface area contributed by atoms with Crippen LogP contribution in [0.25, 0.3) is 0 Å². The third kappa shape index (κ3) is 4.81. The Morgan fingerprint density at radius 1 is 1.36 bits per heavy atom. The third-order valence-corrected chi connectivity index (χ3v) is 1.78. The molecule has 0 aromatic rings. The van der Waals surface area contributed by atoms with Crippen LogP contribution in [0.3, 0.4) is 0 Å². The topological polar surface area (TPSA) is 58.6 Å². The summed E-state index contributed by atoms with van der Waals surface area (Å²) in [6.07, 6.45) is 0. The molecular formula is C9H18N2O3. The molecule has 0 aliphatic carbocycles. The van der Waals surface area contributed by atoms with Crippen molar-refractivity contribution in [1.82, 2.24) is 10.2 Å². The van der Waals surface area contributed by atoms with E-state index in [0.29, 0.717) is 13.2 Å². The molecule has 0 saturated carbocycles. The largest absolute Gasteiger partial charge is 0.372 e. The van der Waals surface area contributed by atoms with E-state index < -0.39 is 0 Å². The van der Waals surface area contributed by atoms with Crippen molar-refractivity contribution < 1.29 is 14.3 Å². The van der Waals surface area contributed by atoms with Crippen LogP contribution in [-0.2, 0) is 14.3 Å². The van der Waals surface area contributed by atoms with Crippen LogP contribution in [-0.4, -0.2) is 50.1 Å². The van der Waals surface area contributed by atoms with Gasteiger partial charge in [0.2, 0.25) is 11.8 Å². The summed E-state index contributed by atoms with van der Waals surface area (Å²) in [5.74, 6) is -0.324. The number of nitrogens with zero attached hydrogens (tertiary/aromatic N) is 1. The van der Waals surface area contributed by atoms with Gasteiger partial charge in [0.05, 0.1) is 6.54 Å². The van der Waals surface area contributed by atoms with Gasteiger partial charge < -0.3 is 15.0 Å². The number of rotatable bonds is 6. The van der Waals surface area contributed by atoms with Gasteiger partial charge in [-0.1, -0.05) is 0 Å². The highest BCUT2D eigenvalue weighted by Crippen LogP contribution is 1.90. The molecule has 14 heavy (non-hydrogen) atoms. The molecule has 0 saturated heterocycles. The summed E-state index contributed by atoms with van der Waals surface area (Å²) in [5, 5.41) is 2.47. The number of carbonyl (C=O) groups is 2. The molecule has 5 nitrogen and oxygen atoms in total. The lowest BCUT2D eigenvalue weighted by Crippen LogP contribution is -2.41. The van der Waals surface area contributed by atoms with Crippen molar-refractivity contribution in [3.05, 3.63) is 0 Å². The highest BCUT2D eigenvalue weighted by atomic mass is 16.5. The van der Waals surface area contributed by atoms with Gasteiger partial charge in [0.15, 0.2) is 0 Å². The molecule has 0 aromatic heterocycles. The van der Waals surface area contributed by atoms with E-state index in [1.807, 2.05) is 13.8 Å². The number of amides is 2. The molecule has 0 aliphatic heterocycles. The second-order valence-electron chi connectivity index (χ2n) is 2.72. The summed E-state index contributed by atoms with van der Waals surface area (Å²) >= 11 is 0. The van der Waals surface area contributed by atoms with Gasteiger partial charge in [-0.25, -0.2) is 0 Å². The molecule has 0 aliphatic rings. The molecule has 0 atom stereocenters. The van der Waals surface area contributed by atoms with Gasteiger partial charge in [0, 0.05) is 20.2 Å². The first kappa shape index (κ1) is 12.9. The molecule has 0 spiro atoms. The monoisotopic (exact) mass is 202 g/mol. The molecule has 0 aromatic carbocycles. The number of ether oxygens (including phenoxy) is 1. The first-order chi connectivity index (χ1) is 6.65. The SMILES string of the molecule is CCOCC(=O)N(CC)CC(=O)NC. The van der Waals surface area contributed by atoms with Crippen molar-refractivity contribution in [3.63, 3.8) is 0 Å². The van der Waals surface area contributed by atoms with E-state index >= 15 is 0 Å². The normalized spacial score (nSPS) is 9.64. The zero-order valence-corrected chi connectivity index (χ0v) is 9.00. The highest BCUT2D eigenvalue weighted by Gasteiger charge is 2.13. The lowest BCUT2D eigenvalue weighted by Gasteiger charge is -2.19. The maximum Gasteiger partial charge on any atom is 0.249 e. The van der Waals surface area contributed by atoms with Crippen molar-refractivity contribution in [1.29, 1.82) is 0 Å². The van der Waals surface area contributed by atoms with E-state index in [2.05, 4.69) is 5.32 Å². The fraction of sp³-hybridized carbons (Fsp3) is 0.778. The number of nitrogens with one attached hydrogen (secondary N) is 1. The maximum absolute atomic E-state index is 11.4. The maximum atomic E-state index is 11.4. The summed E-state index contributed by atoms with van der Waals surface area (Å²) in [6, 6.07) is 0. The van der Waals surface area contributed by atoms with Gasteiger partial charge in [-0.3, -0.25) is 9.59 Å². The quantitative estimate of drug-likeness (QED) is 0.638. The summed E-state index contributed by atoms with van der Waals surface area (Å²) < 4.78 is 4.97. The molecule has 0 heterocycles. The molecule has 0 radical (unpaired) electrons. The van der Waals surface area contributed by atoms with Gasteiger partial charge in [-0.05, 0) is 13.8 Å². The Morgan fingerprint density at radius 2 is 2.00 bits per heavy atom. The Hall–Kier alpha value is -1.10. The van der Waals surface area contributed by atoms with Crippen molar-refractivity contribution in [3.8, 4) is 0 Å². The Morgan fingerprint density at radius 3 is 2.43 bits per heavy atom. The third-order valence-electron chi connectivity index (χ3n) is 1.78. The van der Waals surface area contributed by atoms with E-state index in [-0.39, 0.29) is 25.0 Å². The van der Waals surface area contributed by atoms with Crippen LogP contribution in [0.4, 0.5) is 0 Å². The standard InChI is InChI=1S/C9H18N2O3/c1-4-11(6-8(12)10-3)9(13)7-14-5-2/h4-7H2,1-3H3,(H,10,12). The van der Waals surface area contributed by atoms with Crippen LogP contribution in [0, 0.1) is 0 Å². The Balaban J connectivity index is 3.98. The molecule has 0 bridgehead atoms. The van der Waals surface area contributed by atoms with Crippen LogP contribution in [0.5, 0.6) is 0 Å². The van der Waals surface area contributed by atoms with Crippen LogP contribution < -0.4 is 5.32 Å². The molecule has 0 unspecified atom stereocenters. The van der Waals surface area contributed by atoms with E-state index in [9.17, 15) is 9.59 Å². The van der Waals surface area contributed by atoms with Gasteiger partial charge >= 0.3 is 0 Å². The predicted molar refractivity (Wildman–Crippen MR) is 52.8 cm³/mol. The zero-order chi connectivity index (χ0) is 11.0. The Kier molecular flexibility index (Phi) is 6.74. The molecule has 5 heteroatoms. The van der Waals surface area contributed by atoms with Gasteiger partial charge in [-0.2, -0.15) is 0 Å². The average Bonchev–Trinajstić information content (AvgIpc) is 2.21.